The molecule has 2 atom stereocenters. The number of rotatable bonds is 0. The van der Waals surface area contributed by atoms with Crippen molar-refractivity contribution in [2.75, 3.05) is 0 Å². The van der Waals surface area contributed by atoms with Gasteiger partial charge in [0.2, 0.25) is 0 Å². The topological polar surface area (TPSA) is 41.6 Å². The number of H-pyrrole nitrogens is 1. The molecule has 0 aromatic carbocycles. The highest BCUT2D eigenvalue weighted by Crippen LogP contribution is 2.14. The van der Waals surface area contributed by atoms with Gasteiger partial charge in [0.25, 0.3) is 0 Å². The lowest BCUT2D eigenvalue weighted by molar-refractivity contribution is 0.606. The highest BCUT2D eigenvalue weighted by Gasteiger charge is 2.11. The van der Waals surface area contributed by atoms with Crippen LogP contribution in [-0.4, -0.2) is 15.4 Å². The van der Waals surface area contributed by atoms with E-state index in [-0.39, 0.29) is 1.43 Å². The number of hydrogen-bond donors (Lipinski definition) is 1. The van der Waals surface area contributed by atoms with E-state index in [0.29, 0.717) is 11.8 Å². The maximum Gasteiger partial charge on any atom is 0.108 e. The van der Waals surface area contributed by atoms with Crippen LogP contribution in [0.5, 0.6) is 0 Å². The molecule has 2 rings (SSSR count). The normalized spacial score (nSPS) is 24.6. The van der Waals surface area contributed by atoms with Crippen molar-refractivity contribution in [1.29, 1.82) is 0 Å². The molecule has 1 aromatic heterocycles. The molecule has 0 radical (unpaired) electrons. The van der Waals surface area contributed by atoms with Crippen molar-refractivity contribution in [3.8, 4) is 0 Å². The number of aromatic nitrogens is 3. The predicted molar refractivity (Wildman–Crippen MR) is 56.4 cm³/mol. The number of nitrogens with zero attached hydrogens (tertiary/aromatic N) is 2. The van der Waals surface area contributed by atoms with E-state index in [1.54, 1.807) is 0 Å². The average molecular weight is 181 g/mol. The lowest BCUT2D eigenvalue weighted by Crippen LogP contribution is -2.31. The second-order valence-corrected chi connectivity index (χ2v) is 3.16. The summed E-state index contributed by atoms with van der Waals surface area (Å²) in [5.74, 6) is 1.16. The Kier molecular flexibility index (Phi) is 3.23. The van der Waals surface area contributed by atoms with E-state index in [0.717, 1.165) is 10.7 Å². The number of hydrogen-bond acceptors (Lipinski definition) is 2. The smallest absolute Gasteiger partial charge is 0.108 e. The highest BCUT2D eigenvalue weighted by atomic mass is 15.3. The van der Waals surface area contributed by atoms with Gasteiger partial charge in [-0.05, 0) is 11.8 Å². The average Bonchev–Trinajstić information content (AvgIpc) is 2.56. The van der Waals surface area contributed by atoms with E-state index in [9.17, 15) is 0 Å². The second-order valence-electron chi connectivity index (χ2n) is 3.16. The Labute approximate surface area is 80.0 Å². The van der Waals surface area contributed by atoms with Gasteiger partial charge in [0.15, 0.2) is 0 Å². The Bertz CT molecular complexity index is 334. The first-order chi connectivity index (χ1) is 6.27. The molecule has 0 saturated carbocycles. The second kappa shape index (κ2) is 4.21. The van der Waals surface area contributed by atoms with Crippen molar-refractivity contribution in [3.63, 3.8) is 0 Å². The Morgan fingerprint density at radius 1 is 1.23 bits per heavy atom. The molecule has 1 aromatic rings. The maximum atomic E-state index is 3.95. The summed E-state index contributed by atoms with van der Waals surface area (Å²) >= 11 is 0. The first-order valence-electron chi connectivity index (χ1n) is 4.88. The van der Waals surface area contributed by atoms with E-state index >= 15 is 0 Å². The molecule has 3 nitrogen and oxygen atoms in total. The van der Waals surface area contributed by atoms with Gasteiger partial charge in [0.05, 0.1) is 5.35 Å². The van der Waals surface area contributed by atoms with Gasteiger partial charge < -0.3 is 0 Å². The standard InChI is InChI=1S/C8H11N3.C2H6.H2/c1-5-3-7-8(4-6(5)2)10-11-9-7;1-2;/h3-6H,1-2H3,(H,9,10);1-2H3;1H. The predicted octanol–water partition coefficient (Wildman–Crippen LogP) is 0.924. The Balaban J connectivity index is 0.000000531. The number of nitrogens with one attached hydrogen (secondary N) is 1. The van der Waals surface area contributed by atoms with Crippen LogP contribution in [0, 0.1) is 11.8 Å². The van der Waals surface area contributed by atoms with Gasteiger partial charge in [0.1, 0.15) is 5.35 Å². The molecule has 0 saturated heterocycles. The largest absolute Gasteiger partial charge is 0.258 e. The SMILES string of the molecule is CC.CC1C=c2nn[nH]c2=CC1C.[HH]. The summed E-state index contributed by atoms with van der Waals surface area (Å²) in [4.78, 5) is 0. The minimum Gasteiger partial charge on any atom is -0.258 e. The van der Waals surface area contributed by atoms with E-state index in [4.69, 9.17) is 0 Å². The Hall–Kier alpha value is -1.12. The minimum absolute atomic E-state index is 0. The molecule has 0 bridgehead atoms. The van der Waals surface area contributed by atoms with Crippen LogP contribution >= 0.6 is 0 Å². The van der Waals surface area contributed by atoms with Crippen molar-refractivity contribution in [2.45, 2.75) is 27.7 Å². The van der Waals surface area contributed by atoms with Gasteiger partial charge in [-0.2, -0.15) is 0 Å². The lowest BCUT2D eigenvalue weighted by Gasteiger charge is -2.12. The molecule has 2 unspecified atom stereocenters. The Morgan fingerprint density at radius 3 is 2.54 bits per heavy atom. The van der Waals surface area contributed by atoms with Crippen LogP contribution in [0.25, 0.3) is 12.2 Å². The van der Waals surface area contributed by atoms with E-state index < -0.39 is 0 Å². The zero-order valence-electron chi connectivity index (χ0n) is 8.70. The summed E-state index contributed by atoms with van der Waals surface area (Å²) in [5.41, 5.74) is 0. The third-order valence-electron chi connectivity index (χ3n) is 2.28. The van der Waals surface area contributed by atoms with Gasteiger partial charge in [-0.1, -0.05) is 45.1 Å². The number of aromatic amines is 1. The van der Waals surface area contributed by atoms with Gasteiger partial charge in [-0.15, -0.1) is 5.10 Å². The van der Waals surface area contributed by atoms with Crippen LogP contribution in [-0.2, 0) is 0 Å². The third-order valence-corrected chi connectivity index (χ3v) is 2.28. The summed E-state index contributed by atoms with van der Waals surface area (Å²) in [7, 11) is 0. The molecule has 0 spiro atoms. The van der Waals surface area contributed by atoms with Crippen molar-refractivity contribution in [2.24, 2.45) is 11.8 Å². The molecular weight excluding hydrogens is 162 g/mol. The van der Waals surface area contributed by atoms with Gasteiger partial charge in [0, 0.05) is 1.43 Å². The summed E-state index contributed by atoms with van der Waals surface area (Å²) < 4.78 is 0. The molecular formula is C10H19N3. The first kappa shape index (κ1) is 9.96. The molecule has 0 fully saturated rings. The van der Waals surface area contributed by atoms with Crippen LogP contribution in [0.1, 0.15) is 29.1 Å². The zero-order chi connectivity index (χ0) is 9.84. The molecule has 13 heavy (non-hydrogen) atoms. The van der Waals surface area contributed by atoms with Gasteiger partial charge in [-0.3, -0.25) is 5.10 Å². The summed E-state index contributed by atoms with van der Waals surface area (Å²) in [6.45, 7) is 8.39. The quantitative estimate of drug-likeness (QED) is 0.646. The summed E-state index contributed by atoms with van der Waals surface area (Å²) in [5, 5.41) is 12.6. The van der Waals surface area contributed by atoms with Crippen LogP contribution in [0.4, 0.5) is 0 Å². The Morgan fingerprint density at radius 2 is 1.85 bits per heavy atom. The molecule has 0 aliphatic heterocycles. The van der Waals surface area contributed by atoms with Gasteiger partial charge >= 0.3 is 0 Å². The molecule has 1 N–H and O–H groups in total. The summed E-state index contributed by atoms with van der Waals surface area (Å²) in [6, 6.07) is 0. The molecule has 0 amide bonds. The molecule has 3 heteroatoms. The fourth-order valence-corrected chi connectivity index (χ4v) is 1.31. The van der Waals surface area contributed by atoms with Gasteiger partial charge in [-0.25, -0.2) is 0 Å². The van der Waals surface area contributed by atoms with Crippen LogP contribution < -0.4 is 10.7 Å². The number of fused-ring (bicyclic) bond motifs is 1. The summed E-state index contributed by atoms with van der Waals surface area (Å²) in [6.07, 6.45) is 4.34. The highest BCUT2D eigenvalue weighted by molar-refractivity contribution is 5.37. The van der Waals surface area contributed by atoms with E-state index in [1.807, 2.05) is 13.8 Å². The zero-order valence-corrected chi connectivity index (χ0v) is 8.70. The molecule has 1 aliphatic rings. The van der Waals surface area contributed by atoms with Crippen molar-refractivity contribution >= 4 is 12.2 Å². The fraction of sp³-hybridized carbons (Fsp3) is 0.600. The van der Waals surface area contributed by atoms with Crippen molar-refractivity contribution in [3.05, 3.63) is 10.7 Å². The molecule has 1 heterocycles. The van der Waals surface area contributed by atoms with Crippen LogP contribution in [0.3, 0.4) is 0 Å². The lowest BCUT2D eigenvalue weighted by atomic mass is 9.92. The van der Waals surface area contributed by atoms with Crippen LogP contribution in [0.15, 0.2) is 0 Å². The van der Waals surface area contributed by atoms with Crippen molar-refractivity contribution < 1.29 is 1.43 Å². The first-order valence-corrected chi connectivity index (χ1v) is 4.88. The monoisotopic (exact) mass is 181 g/mol. The third kappa shape index (κ3) is 1.97. The minimum atomic E-state index is 0. The maximum absolute atomic E-state index is 3.95. The fourth-order valence-electron chi connectivity index (χ4n) is 1.31. The van der Waals surface area contributed by atoms with Crippen molar-refractivity contribution in [1.82, 2.24) is 15.4 Å². The van der Waals surface area contributed by atoms with E-state index in [1.165, 1.54) is 0 Å². The molecule has 1 aliphatic carbocycles. The molecule has 74 valence electrons. The van der Waals surface area contributed by atoms with Crippen LogP contribution in [0.2, 0.25) is 0 Å². The van der Waals surface area contributed by atoms with E-state index in [2.05, 4.69) is 41.4 Å².